The van der Waals surface area contributed by atoms with Crippen molar-refractivity contribution < 1.29 is 0 Å². The summed E-state index contributed by atoms with van der Waals surface area (Å²) in [5.41, 5.74) is 7.86. The molecule has 130 valence electrons. The Labute approximate surface area is 154 Å². The fraction of sp³-hybridized carbons (Fsp3) is 0.261. The Morgan fingerprint density at radius 3 is 2.65 bits per heavy atom. The highest BCUT2D eigenvalue weighted by molar-refractivity contribution is 5.86. The minimum Gasteiger partial charge on any atom is -0.345 e. The lowest BCUT2D eigenvalue weighted by atomic mass is 9.98. The van der Waals surface area contributed by atoms with Crippen LogP contribution in [0.3, 0.4) is 0 Å². The molecule has 0 bridgehead atoms. The van der Waals surface area contributed by atoms with E-state index in [1.54, 1.807) is 0 Å². The van der Waals surface area contributed by atoms with E-state index in [0.29, 0.717) is 12.2 Å². The quantitative estimate of drug-likeness (QED) is 0.630. The molecule has 5 rings (SSSR count). The van der Waals surface area contributed by atoms with E-state index in [0.717, 1.165) is 12.2 Å². The maximum Gasteiger partial charge on any atom is 0.158 e. The van der Waals surface area contributed by atoms with Gasteiger partial charge in [-0.3, -0.25) is 0 Å². The van der Waals surface area contributed by atoms with Gasteiger partial charge >= 0.3 is 0 Å². The number of benzene rings is 2. The molecule has 26 heavy (non-hydrogen) atoms. The Morgan fingerprint density at radius 1 is 1.00 bits per heavy atom. The predicted octanol–water partition coefficient (Wildman–Crippen LogP) is 5.31. The molecular weight excluding hydrogens is 318 g/mol. The van der Waals surface area contributed by atoms with Crippen molar-refractivity contribution in [1.82, 2.24) is 4.98 Å². The lowest BCUT2D eigenvalue weighted by Gasteiger charge is -2.30. The fourth-order valence-corrected chi connectivity index (χ4v) is 4.51. The van der Waals surface area contributed by atoms with Crippen LogP contribution in [0.2, 0.25) is 0 Å². The first-order valence-corrected chi connectivity index (χ1v) is 9.36. The summed E-state index contributed by atoms with van der Waals surface area (Å²) in [6.07, 6.45) is 3.28. The van der Waals surface area contributed by atoms with E-state index in [1.165, 1.54) is 33.6 Å². The average Bonchev–Trinajstić information content (AvgIpc) is 3.15. The monoisotopic (exact) mass is 341 g/mol. The molecule has 0 amide bonds. The van der Waals surface area contributed by atoms with Crippen molar-refractivity contribution in [2.24, 2.45) is 0 Å². The molecule has 1 atom stereocenters. The van der Waals surface area contributed by atoms with Gasteiger partial charge in [-0.1, -0.05) is 36.4 Å². The van der Waals surface area contributed by atoms with E-state index in [-0.39, 0.29) is 0 Å². The number of pyridine rings is 1. The summed E-state index contributed by atoms with van der Waals surface area (Å²) in [6.45, 7) is 6.71. The molecule has 3 nitrogen and oxygen atoms in total. The molecule has 2 aromatic carbocycles. The van der Waals surface area contributed by atoms with E-state index in [2.05, 4.69) is 79.1 Å². The van der Waals surface area contributed by atoms with E-state index >= 15 is 0 Å². The SMILES string of the molecule is Cc1ccccc1-c1ccc2c(c1)N1c3ncccc3N(C(C)C)C1C2. The van der Waals surface area contributed by atoms with Crippen LogP contribution in [0.1, 0.15) is 25.0 Å². The van der Waals surface area contributed by atoms with Crippen LogP contribution in [-0.2, 0) is 6.42 Å². The smallest absolute Gasteiger partial charge is 0.158 e. The largest absolute Gasteiger partial charge is 0.345 e. The van der Waals surface area contributed by atoms with Gasteiger partial charge in [-0.15, -0.1) is 0 Å². The van der Waals surface area contributed by atoms with E-state index in [9.17, 15) is 0 Å². The molecule has 0 N–H and O–H groups in total. The van der Waals surface area contributed by atoms with Gasteiger partial charge in [-0.2, -0.15) is 0 Å². The number of aromatic nitrogens is 1. The highest BCUT2D eigenvalue weighted by Crippen LogP contribution is 2.50. The number of nitrogens with zero attached hydrogens (tertiary/aromatic N) is 3. The summed E-state index contributed by atoms with van der Waals surface area (Å²) in [5.74, 6) is 1.09. The molecule has 2 aliphatic rings. The molecule has 0 saturated heterocycles. The van der Waals surface area contributed by atoms with Crippen molar-refractivity contribution in [3.05, 3.63) is 71.9 Å². The lowest BCUT2D eigenvalue weighted by molar-refractivity contribution is 0.589. The fourth-order valence-electron chi connectivity index (χ4n) is 4.51. The molecule has 1 aromatic heterocycles. The first-order valence-electron chi connectivity index (χ1n) is 9.36. The van der Waals surface area contributed by atoms with Crippen LogP contribution in [0.5, 0.6) is 0 Å². The standard InChI is InChI=1S/C23H23N3/c1-15(2)25-20-9-6-12-24-23(20)26-21-13-17(10-11-18(21)14-22(25)26)19-8-5-4-7-16(19)3/h4-13,15,22H,14H2,1-3H3. The maximum absolute atomic E-state index is 4.74. The second-order valence-electron chi connectivity index (χ2n) is 7.56. The Bertz CT molecular complexity index is 992. The Hall–Kier alpha value is -2.81. The summed E-state index contributed by atoms with van der Waals surface area (Å²) in [6, 6.07) is 20.2. The number of hydrogen-bond donors (Lipinski definition) is 0. The molecule has 2 aliphatic heterocycles. The van der Waals surface area contributed by atoms with Crippen molar-refractivity contribution in [1.29, 1.82) is 0 Å². The van der Waals surface area contributed by atoms with Gasteiger partial charge in [0, 0.05) is 24.3 Å². The summed E-state index contributed by atoms with van der Waals surface area (Å²) < 4.78 is 0. The molecular formula is C23H23N3. The van der Waals surface area contributed by atoms with E-state index in [4.69, 9.17) is 4.98 Å². The molecule has 0 saturated carbocycles. The highest BCUT2D eigenvalue weighted by Gasteiger charge is 2.43. The molecule has 3 aromatic rings. The molecule has 0 aliphatic carbocycles. The van der Waals surface area contributed by atoms with Crippen LogP contribution in [0, 0.1) is 6.92 Å². The third-order valence-electron chi connectivity index (χ3n) is 5.65. The highest BCUT2D eigenvalue weighted by atomic mass is 15.5. The Morgan fingerprint density at radius 2 is 1.85 bits per heavy atom. The van der Waals surface area contributed by atoms with Gasteiger partial charge in [0.25, 0.3) is 0 Å². The second kappa shape index (κ2) is 5.60. The maximum atomic E-state index is 4.74. The summed E-state index contributed by atoms with van der Waals surface area (Å²) in [7, 11) is 0. The van der Waals surface area contributed by atoms with Crippen molar-refractivity contribution in [2.45, 2.75) is 39.4 Å². The number of hydrogen-bond acceptors (Lipinski definition) is 3. The Balaban J connectivity index is 1.66. The number of rotatable bonds is 2. The first-order chi connectivity index (χ1) is 12.6. The zero-order chi connectivity index (χ0) is 17.8. The topological polar surface area (TPSA) is 19.4 Å². The molecule has 0 radical (unpaired) electrons. The van der Waals surface area contributed by atoms with Crippen molar-refractivity contribution in [3.8, 4) is 11.1 Å². The van der Waals surface area contributed by atoms with Gasteiger partial charge in [0.05, 0.1) is 5.69 Å². The van der Waals surface area contributed by atoms with E-state index < -0.39 is 0 Å². The minimum atomic E-state index is 0.335. The number of aryl methyl sites for hydroxylation is 1. The van der Waals surface area contributed by atoms with Gasteiger partial charge in [0.15, 0.2) is 5.82 Å². The first kappa shape index (κ1) is 15.4. The summed E-state index contributed by atoms with van der Waals surface area (Å²) in [4.78, 5) is 9.68. The van der Waals surface area contributed by atoms with Crippen molar-refractivity contribution >= 4 is 17.2 Å². The molecule has 3 heteroatoms. The van der Waals surface area contributed by atoms with Crippen LogP contribution in [0.25, 0.3) is 11.1 Å². The normalized spacial score (nSPS) is 17.5. The summed E-state index contributed by atoms with van der Waals surface area (Å²) >= 11 is 0. The number of fused-ring (bicyclic) bond motifs is 5. The average molecular weight is 341 g/mol. The van der Waals surface area contributed by atoms with Gasteiger partial charge in [-0.25, -0.2) is 4.98 Å². The third kappa shape index (κ3) is 2.10. The van der Waals surface area contributed by atoms with Crippen molar-refractivity contribution in [3.63, 3.8) is 0 Å². The molecule has 1 unspecified atom stereocenters. The van der Waals surface area contributed by atoms with Gasteiger partial charge in [-0.05, 0) is 61.2 Å². The number of anilines is 3. The van der Waals surface area contributed by atoms with Crippen molar-refractivity contribution in [2.75, 3.05) is 9.80 Å². The van der Waals surface area contributed by atoms with Gasteiger partial charge in [0.1, 0.15) is 6.17 Å². The van der Waals surface area contributed by atoms with Gasteiger partial charge in [0.2, 0.25) is 0 Å². The minimum absolute atomic E-state index is 0.335. The van der Waals surface area contributed by atoms with E-state index in [1.807, 2.05) is 12.3 Å². The van der Waals surface area contributed by atoms with Crippen LogP contribution >= 0.6 is 0 Å². The van der Waals surface area contributed by atoms with Crippen LogP contribution in [0.4, 0.5) is 17.2 Å². The predicted molar refractivity (Wildman–Crippen MR) is 108 cm³/mol. The third-order valence-corrected chi connectivity index (χ3v) is 5.65. The molecule has 3 heterocycles. The zero-order valence-corrected chi connectivity index (χ0v) is 15.5. The zero-order valence-electron chi connectivity index (χ0n) is 15.5. The van der Waals surface area contributed by atoms with Crippen LogP contribution in [0.15, 0.2) is 60.8 Å². The van der Waals surface area contributed by atoms with Crippen LogP contribution < -0.4 is 9.80 Å². The molecule has 0 fully saturated rings. The Kier molecular flexibility index (Phi) is 3.33. The van der Waals surface area contributed by atoms with Gasteiger partial charge < -0.3 is 9.80 Å². The summed E-state index contributed by atoms with van der Waals surface area (Å²) in [5, 5.41) is 0. The molecule has 0 spiro atoms. The van der Waals surface area contributed by atoms with Crippen LogP contribution in [-0.4, -0.2) is 17.2 Å². The second-order valence-corrected chi connectivity index (χ2v) is 7.56. The lowest BCUT2D eigenvalue weighted by Crippen LogP contribution is -2.43.